The van der Waals surface area contributed by atoms with E-state index in [0.717, 1.165) is 4.68 Å². The fraction of sp³-hybridized carbons (Fsp3) is 0.200. The molecule has 0 aliphatic rings. The van der Waals surface area contributed by atoms with E-state index in [9.17, 15) is 9.59 Å². The third-order valence-electron chi connectivity index (χ3n) is 2.06. The molecule has 0 bridgehead atoms. The average molecular weight is 234 g/mol. The molecule has 2 rings (SSSR count). The third-order valence-corrected chi connectivity index (χ3v) is 2.06. The van der Waals surface area contributed by atoms with Crippen molar-refractivity contribution in [1.82, 2.24) is 14.9 Å². The van der Waals surface area contributed by atoms with Gasteiger partial charge in [0.1, 0.15) is 5.69 Å². The highest BCUT2D eigenvalue weighted by molar-refractivity contribution is 6.01. The van der Waals surface area contributed by atoms with E-state index in [2.05, 4.69) is 15.6 Å². The summed E-state index contributed by atoms with van der Waals surface area (Å²) in [5, 5.41) is 9.92. The summed E-state index contributed by atoms with van der Waals surface area (Å²) in [6.07, 6.45) is 0. The molecular weight excluding hydrogens is 224 g/mol. The quantitative estimate of drug-likeness (QED) is 0.808. The molecule has 2 aromatic heterocycles. The van der Waals surface area contributed by atoms with E-state index < -0.39 is 5.91 Å². The molecule has 0 saturated heterocycles. The van der Waals surface area contributed by atoms with Gasteiger partial charge in [-0.05, 0) is 13.0 Å². The molecule has 1 amide bonds. The van der Waals surface area contributed by atoms with Crippen LogP contribution in [0.25, 0.3) is 0 Å². The van der Waals surface area contributed by atoms with Crippen LogP contribution in [0, 0.1) is 6.92 Å². The molecule has 0 saturated carbocycles. The monoisotopic (exact) mass is 234 g/mol. The Bertz CT molecular complexity index is 614. The fourth-order valence-corrected chi connectivity index (χ4v) is 1.22. The number of carbonyl (C=O) groups is 1. The number of aryl methyl sites for hydroxylation is 2. The van der Waals surface area contributed by atoms with Crippen molar-refractivity contribution in [3.05, 3.63) is 39.9 Å². The largest absolute Gasteiger partial charge is 0.338 e. The number of amides is 1. The molecule has 2 aromatic rings. The number of aromatic nitrogens is 3. The number of nitrogens with zero attached hydrogens (tertiary/aromatic N) is 3. The molecule has 2 heterocycles. The lowest BCUT2D eigenvalue weighted by Gasteiger charge is -2.01. The van der Waals surface area contributed by atoms with Crippen LogP contribution < -0.4 is 10.9 Å². The molecule has 1 N–H and O–H groups in total. The lowest BCUT2D eigenvalue weighted by atomic mass is 10.3. The van der Waals surface area contributed by atoms with Gasteiger partial charge in [0.2, 0.25) is 5.88 Å². The molecular formula is C10H10N4O3. The van der Waals surface area contributed by atoms with Crippen molar-refractivity contribution in [1.29, 1.82) is 0 Å². The van der Waals surface area contributed by atoms with E-state index >= 15 is 0 Å². The topological polar surface area (TPSA) is 90.0 Å². The zero-order valence-corrected chi connectivity index (χ0v) is 9.30. The fourth-order valence-electron chi connectivity index (χ4n) is 1.22. The summed E-state index contributed by atoms with van der Waals surface area (Å²) >= 11 is 0. The summed E-state index contributed by atoms with van der Waals surface area (Å²) < 4.78 is 5.92. The second-order valence-corrected chi connectivity index (χ2v) is 3.47. The van der Waals surface area contributed by atoms with Gasteiger partial charge in [-0.15, -0.1) is 0 Å². The maximum absolute atomic E-state index is 11.7. The Kier molecular flexibility index (Phi) is 2.73. The van der Waals surface area contributed by atoms with Gasteiger partial charge in [-0.25, -0.2) is 4.68 Å². The van der Waals surface area contributed by atoms with E-state index in [-0.39, 0.29) is 17.1 Å². The van der Waals surface area contributed by atoms with Crippen LogP contribution in [0.2, 0.25) is 0 Å². The minimum atomic E-state index is -0.461. The first kappa shape index (κ1) is 11.1. The Labute approximate surface area is 96.0 Å². The number of nitrogens with one attached hydrogen (secondary N) is 1. The number of rotatable bonds is 2. The van der Waals surface area contributed by atoms with Gasteiger partial charge < -0.3 is 4.52 Å². The van der Waals surface area contributed by atoms with Crippen molar-refractivity contribution in [3.8, 4) is 0 Å². The summed E-state index contributed by atoms with van der Waals surface area (Å²) in [4.78, 5) is 22.8. The molecule has 0 aliphatic carbocycles. The van der Waals surface area contributed by atoms with Crippen LogP contribution >= 0.6 is 0 Å². The molecule has 0 fully saturated rings. The van der Waals surface area contributed by atoms with Crippen molar-refractivity contribution in [2.24, 2.45) is 7.05 Å². The van der Waals surface area contributed by atoms with Crippen LogP contribution in [-0.2, 0) is 7.05 Å². The lowest BCUT2D eigenvalue weighted by molar-refractivity contribution is 0.101. The summed E-state index contributed by atoms with van der Waals surface area (Å²) in [7, 11) is 1.47. The van der Waals surface area contributed by atoms with E-state index in [0.29, 0.717) is 5.69 Å². The highest BCUT2D eigenvalue weighted by atomic mass is 16.5. The van der Waals surface area contributed by atoms with Crippen LogP contribution in [0.4, 0.5) is 5.88 Å². The van der Waals surface area contributed by atoms with Crippen molar-refractivity contribution >= 4 is 11.8 Å². The third kappa shape index (κ3) is 2.39. The minimum absolute atomic E-state index is 0.126. The Morgan fingerprint density at radius 2 is 2.24 bits per heavy atom. The smallest absolute Gasteiger partial charge is 0.278 e. The summed E-state index contributed by atoms with van der Waals surface area (Å²) in [5.41, 5.74) is 0.506. The number of hydrogen-bond acceptors (Lipinski definition) is 5. The van der Waals surface area contributed by atoms with Gasteiger partial charge in [0, 0.05) is 19.2 Å². The molecule has 7 nitrogen and oxygen atoms in total. The molecule has 0 radical (unpaired) electrons. The Morgan fingerprint density at radius 3 is 2.82 bits per heavy atom. The van der Waals surface area contributed by atoms with E-state index in [1.165, 1.54) is 19.2 Å². The molecule has 0 aromatic carbocycles. The van der Waals surface area contributed by atoms with Crippen LogP contribution in [0.1, 0.15) is 16.2 Å². The minimum Gasteiger partial charge on any atom is -0.338 e. The van der Waals surface area contributed by atoms with Gasteiger partial charge in [-0.3, -0.25) is 14.9 Å². The summed E-state index contributed by atoms with van der Waals surface area (Å²) in [6.45, 7) is 1.74. The van der Waals surface area contributed by atoms with Gasteiger partial charge in [-0.2, -0.15) is 5.10 Å². The van der Waals surface area contributed by atoms with Gasteiger partial charge in [0.25, 0.3) is 11.5 Å². The average Bonchev–Trinajstić information content (AvgIpc) is 2.68. The number of carbonyl (C=O) groups excluding carboxylic acids is 1. The predicted molar refractivity (Wildman–Crippen MR) is 58.7 cm³/mol. The first-order chi connectivity index (χ1) is 8.06. The van der Waals surface area contributed by atoms with Crippen molar-refractivity contribution < 1.29 is 9.32 Å². The maximum Gasteiger partial charge on any atom is 0.278 e. The maximum atomic E-state index is 11.7. The van der Waals surface area contributed by atoms with Crippen LogP contribution in [0.5, 0.6) is 0 Å². The normalized spacial score (nSPS) is 10.2. The molecule has 17 heavy (non-hydrogen) atoms. The van der Waals surface area contributed by atoms with E-state index in [4.69, 9.17) is 4.52 Å². The molecule has 7 heteroatoms. The van der Waals surface area contributed by atoms with Crippen molar-refractivity contribution in [2.45, 2.75) is 6.92 Å². The Hall–Kier alpha value is -2.44. The Morgan fingerprint density at radius 1 is 1.47 bits per heavy atom. The van der Waals surface area contributed by atoms with Crippen LogP contribution in [-0.4, -0.2) is 20.8 Å². The zero-order valence-electron chi connectivity index (χ0n) is 9.30. The summed E-state index contributed by atoms with van der Waals surface area (Å²) in [6, 6.07) is 4.20. The zero-order chi connectivity index (χ0) is 12.4. The van der Waals surface area contributed by atoms with Crippen molar-refractivity contribution in [3.63, 3.8) is 0 Å². The van der Waals surface area contributed by atoms with Gasteiger partial charge in [0.05, 0.1) is 5.69 Å². The standard InChI is InChI=1S/C10H10N4O3/c1-6-5-8(17-13-6)11-10(16)7-3-4-9(15)14(2)12-7/h3-5H,1-2H3,(H,11,16). The Balaban J connectivity index is 2.20. The van der Waals surface area contributed by atoms with Gasteiger partial charge in [-0.1, -0.05) is 5.16 Å². The first-order valence-electron chi connectivity index (χ1n) is 4.85. The first-order valence-corrected chi connectivity index (χ1v) is 4.85. The molecule has 0 atom stereocenters. The van der Waals surface area contributed by atoms with E-state index in [1.54, 1.807) is 13.0 Å². The van der Waals surface area contributed by atoms with Crippen LogP contribution in [0.3, 0.4) is 0 Å². The van der Waals surface area contributed by atoms with E-state index in [1.807, 2.05) is 0 Å². The molecule has 0 spiro atoms. The lowest BCUT2D eigenvalue weighted by Crippen LogP contribution is -2.23. The molecule has 0 unspecified atom stereocenters. The van der Waals surface area contributed by atoms with Gasteiger partial charge in [0.15, 0.2) is 0 Å². The van der Waals surface area contributed by atoms with Gasteiger partial charge >= 0.3 is 0 Å². The van der Waals surface area contributed by atoms with Crippen LogP contribution in [0.15, 0.2) is 27.5 Å². The predicted octanol–water partition coefficient (Wildman–Crippen LogP) is 0.329. The molecule has 0 aliphatic heterocycles. The highest BCUT2D eigenvalue weighted by Crippen LogP contribution is 2.09. The molecule has 88 valence electrons. The number of anilines is 1. The second-order valence-electron chi connectivity index (χ2n) is 3.47. The SMILES string of the molecule is Cc1cc(NC(=O)c2ccc(=O)n(C)n2)on1. The highest BCUT2D eigenvalue weighted by Gasteiger charge is 2.11. The van der Waals surface area contributed by atoms with Crippen molar-refractivity contribution in [2.75, 3.05) is 5.32 Å². The number of hydrogen-bond donors (Lipinski definition) is 1. The second kappa shape index (κ2) is 4.20. The summed E-state index contributed by atoms with van der Waals surface area (Å²) in [5.74, 6) is -0.222.